The molecule has 4 fully saturated rings. The van der Waals surface area contributed by atoms with Crippen LogP contribution in [-0.2, 0) is 9.31 Å². The summed E-state index contributed by atoms with van der Waals surface area (Å²) in [7, 11) is -0.201. The van der Waals surface area contributed by atoms with Gasteiger partial charge in [0.25, 0.3) is 0 Å². The Balaban J connectivity index is 1.74. The first-order valence-electron chi connectivity index (χ1n) is 7.84. The Labute approximate surface area is 117 Å². The van der Waals surface area contributed by atoms with Crippen molar-refractivity contribution in [3.63, 3.8) is 0 Å². The molecule has 0 aromatic heterocycles. The minimum atomic E-state index is -0.201. The van der Waals surface area contributed by atoms with Gasteiger partial charge in [-0.1, -0.05) is 27.7 Å². The van der Waals surface area contributed by atoms with Gasteiger partial charge in [-0.3, -0.25) is 0 Å². The van der Waals surface area contributed by atoms with E-state index >= 15 is 0 Å². The van der Waals surface area contributed by atoms with E-state index in [0.717, 1.165) is 18.8 Å². The molecule has 0 unspecified atom stereocenters. The zero-order valence-corrected chi connectivity index (χ0v) is 13.0. The lowest BCUT2D eigenvalue weighted by Gasteiger charge is -2.64. The van der Waals surface area contributed by atoms with Crippen molar-refractivity contribution in [3.05, 3.63) is 0 Å². The minimum absolute atomic E-state index is 0.00253. The summed E-state index contributed by atoms with van der Waals surface area (Å²) in [5.41, 5.74) is 6.56. The Bertz CT molecular complexity index is 373. The highest BCUT2D eigenvalue weighted by atomic mass is 16.7. The summed E-state index contributed by atoms with van der Waals surface area (Å²) in [4.78, 5) is 0. The smallest absolute Gasteiger partial charge is 0.404 e. The van der Waals surface area contributed by atoms with Crippen molar-refractivity contribution in [2.75, 3.05) is 0 Å². The molecule has 0 spiro atoms. The molecule has 0 amide bonds. The van der Waals surface area contributed by atoms with E-state index in [-0.39, 0.29) is 24.8 Å². The Morgan fingerprint density at radius 3 is 2.53 bits per heavy atom. The van der Waals surface area contributed by atoms with Crippen molar-refractivity contribution >= 4 is 7.12 Å². The first-order chi connectivity index (χ1) is 8.75. The maximum atomic E-state index is 6.35. The maximum absolute atomic E-state index is 6.35. The van der Waals surface area contributed by atoms with Gasteiger partial charge in [-0.15, -0.1) is 0 Å². The van der Waals surface area contributed by atoms with E-state index in [2.05, 4.69) is 34.6 Å². The van der Waals surface area contributed by atoms with Gasteiger partial charge >= 0.3 is 7.12 Å². The summed E-state index contributed by atoms with van der Waals surface area (Å²) in [6.45, 7) is 11.4. The summed E-state index contributed by atoms with van der Waals surface area (Å²) in [6, 6.07) is 0. The molecule has 3 saturated carbocycles. The fraction of sp³-hybridized carbons (Fsp3) is 1.00. The Morgan fingerprint density at radius 1 is 1.26 bits per heavy atom. The van der Waals surface area contributed by atoms with Crippen LogP contribution in [0.5, 0.6) is 0 Å². The average Bonchev–Trinajstić information content (AvgIpc) is 2.64. The van der Waals surface area contributed by atoms with Crippen molar-refractivity contribution in [1.82, 2.24) is 0 Å². The van der Waals surface area contributed by atoms with Gasteiger partial charge in [0.15, 0.2) is 0 Å². The van der Waals surface area contributed by atoms with Gasteiger partial charge in [0.2, 0.25) is 0 Å². The van der Waals surface area contributed by atoms with Crippen LogP contribution < -0.4 is 5.73 Å². The molecule has 19 heavy (non-hydrogen) atoms. The van der Waals surface area contributed by atoms with Gasteiger partial charge < -0.3 is 15.0 Å². The van der Waals surface area contributed by atoms with Gasteiger partial charge in [-0.05, 0) is 49.4 Å². The zero-order chi connectivity index (χ0) is 14.0. The molecule has 5 atom stereocenters. The molecule has 4 aliphatic rings. The van der Waals surface area contributed by atoms with Crippen molar-refractivity contribution < 1.29 is 9.31 Å². The molecule has 1 saturated heterocycles. The topological polar surface area (TPSA) is 44.5 Å². The molecule has 0 radical (unpaired) electrons. The minimum Gasteiger partial charge on any atom is -0.404 e. The Kier molecular flexibility index (Phi) is 3.09. The number of nitrogens with two attached hydrogens (primary N) is 1. The van der Waals surface area contributed by atoms with Crippen molar-refractivity contribution in [2.45, 2.75) is 71.5 Å². The number of rotatable bonds is 3. The molecule has 3 aliphatic carbocycles. The van der Waals surface area contributed by atoms with Crippen LogP contribution in [0, 0.1) is 23.2 Å². The molecule has 4 rings (SSSR count). The highest BCUT2D eigenvalue weighted by Gasteiger charge is 2.68. The quantitative estimate of drug-likeness (QED) is 0.798. The fourth-order valence-electron chi connectivity index (χ4n) is 4.74. The monoisotopic (exact) mass is 265 g/mol. The van der Waals surface area contributed by atoms with Crippen LogP contribution in [0.25, 0.3) is 0 Å². The molecule has 0 aromatic carbocycles. The van der Waals surface area contributed by atoms with Crippen molar-refractivity contribution in [3.8, 4) is 0 Å². The fourth-order valence-corrected chi connectivity index (χ4v) is 4.74. The summed E-state index contributed by atoms with van der Waals surface area (Å²) < 4.78 is 12.5. The zero-order valence-electron chi connectivity index (χ0n) is 13.0. The van der Waals surface area contributed by atoms with Crippen LogP contribution in [0.15, 0.2) is 0 Å². The SMILES string of the molecule is CC(C)C[C@H](N)B1O[C@@H]2C[C@@H]3C[C@H](C3(C)C)[C@]2(C)O1. The highest BCUT2D eigenvalue weighted by Crippen LogP contribution is 2.65. The second-order valence-electron chi connectivity index (χ2n) is 8.13. The number of hydrogen-bond donors (Lipinski definition) is 1. The third-order valence-electron chi connectivity index (χ3n) is 6.06. The molecule has 2 N–H and O–H groups in total. The summed E-state index contributed by atoms with van der Waals surface area (Å²) in [5.74, 6) is 2.02. The summed E-state index contributed by atoms with van der Waals surface area (Å²) in [6.07, 6.45) is 3.67. The van der Waals surface area contributed by atoms with Crippen LogP contribution in [0.1, 0.15) is 53.9 Å². The van der Waals surface area contributed by atoms with Gasteiger partial charge in [0.1, 0.15) is 0 Å². The third-order valence-corrected chi connectivity index (χ3v) is 6.06. The lowest BCUT2D eigenvalue weighted by atomic mass is 9.43. The lowest BCUT2D eigenvalue weighted by molar-refractivity contribution is -0.199. The molecule has 1 aliphatic heterocycles. The van der Waals surface area contributed by atoms with Gasteiger partial charge in [0, 0.05) is 5.94 Å². The van der Waals surface area contributed by atoms with E-state index in [1.165, 1.54) is 6.42 Å². The molecule has 3 nitrogen and oxygen atoms in total. The van der Waals surface area contributed by atoms with E-state index in [9.17, 15) is 0 Å². The van der Waals surface area contributed by atoms with E-state index in [4.69, 9.17) is 15.0 Å². The summed E-state index contributed by atoms with van der Waals surface area (Å²) >= 11 is 0. The highest BCUT2D eigenvalue weighted by molar-refractivity contribution is 6.47. The predicted octanol–water partition coefficient (Wildman–Crippen LogP) is 2.63. The van der Waals surface area contributed by atoms with Gasteiger partial charge in [-0.25, -0.2) is 0 Å². The maximum Gasteiger partial charge on any atom is 0.475 e. The average molecular weight is 265 g/mol. The molecule has 1 heterocycles. The second kappa shape index (κ2) is 4.22. The Hall–Kier alpha value is -0.0551. The lowest BCUT2D eigenvalue weighted by Crippen LogP contribution is -2.65. The molecular weight excluding hydrogens is 237 g/mol. The molecule has 2 bridgehead atoms. The van der Waals surface area contributed by atoms with Crippen LogP contribution in [0.3, 0.4) is 0 Å². The van der Waals surface area contributed by atoms with Crippen molar-refractivity contribution in [2.24, 2.45) is 28.9 Å². The largest absolute Gasteiger partial charge is 0.475 e. The first-order valence-corrected chi connectivity index (χ1v) is 7.84. The normalized spacial score (nSPS) is 45.0. The van der Waals surface area contributed by atoms with Gasteiger partial charge in [-0.2, -0.15) is 0 Å². The van der Waals surface area contributed by atoms with E-state index < -0.39 is 0 Å². The molecule has 0 aromatic rings. The number of hydrogen-bond acceptors (Lipinski definition) is 3. The van der Waals surface area contributed by atoms with E-state index in [1.807, 2.05) is 0 Å². The van der Waals surface area contributed by atoms with Crippen molar-refractivity contribution in [1.29, 1.82) is 0 Å². The van der Waals surface area contributed by atoms with E-state index in [1.54, 1.807) is 0 Å². The third kappa shape index (κ3) is 1.90. The van der Waals surface area contributed by atoms with Gasteiger partial charge in [0.05, 0.1) is 11.7 Å². The summed E-state index contributed by atoms with van der Waals surface area (Å²) in [5, 5.41) is 0. The second-order valence-corrected chi connectivity index (χ2v) is 8.13. The van der Waals surface area contributed by atoms with Crippen LogP contribution in [-0.4, -0.2) is 24.8 Å². The van der Waals surface area contributed by atoms with Crippen LogP contribution in [0.2, 0.25) is 0 Å². The molecular formula is C15H28BNO2. The Morgan fingerprint density at radius 2 is 1.95 bits per heavy atom. The van der Waals surface area contributed by atoms with Crippen LogP contribution in [0.4, 0.5) is 0 Å². The molecule has 4 heteroatoms. The van der Waals surface area contributed by atoms with Crippen LogP contribution >= 0.6 is 0 Å². The van der Waals surface area contributed by atoms with E-state index in [0.29, 0.717) is 17.3 Å². The molecule has 108 valence electrons. The predicted molar refractivity (Wildman–Crippen MR) is 77.5 cm³/mol. The first kappa shape index (κ1) is 13.9. The standard InChI is InChI=1S/C15H28BNO2/c1-9(2)6-13(17)16-18-12-8-10-7-11(14(10,3)4)15(12,5)19-16/h9-13H,6-8,17H2,1-5H3/t10-,11+,12+,13-,15-/m0/s1.